The number of fused-ring (bicyclic) bond motifs is 1. The highest BCUT2D eigenvalue weighted by atomic mass is 79.9. The number of halogens is 2. The second-order valence-electron chi connectivity index (χ2n) is 7.99. The lowest BCUT2D eigenvalue weighted by Crippen LogP contribution is -2.35. The Kier molecular flexibility index (Phi) is 7.34. The van der Waals surface area contributed by atoms with Crippen molar-refractivity contribution in [3.8, 4) is 11.5 Å². The predicted octanol–water partition coefficient (Wildman–Crippen LogP) is 0.816. The molecule has 0 aliphatic carbocycles. The normalized spacial score (nSPS) is 11.9. The number of furan rings is 1. The number of hydrogen-bond donors (Lipinski definition) is 0. The smallest absolute Gasteiger partial charge is 0.308 e. The van der Waals surface area contributed by atoms with Crippen LogP contribution in [0.15, 0.2) is 21.0 Å². The highest BCUT2D eigenvalue weighted by Crippen LogP contribution is 2.37. The highest BCUT2D eigenvalue weighted by molar-refractivity contribution is 9.10. The molecule has 0 aliphatic heterocycles. The quantitative estimate of drug-likeness (QED) is 0.148. The number of alkyl halides is 1. The molecule has 0 bridgehead atoms. The average molecular weight is 574 g/mol. The minimum atomic E-state index is -0.445. The molecular formula is C22H21B3Br2O6. The van der Waals surface area contributed by atoms with Crippen molar-refractivity contribution in [2.75, 3.05) is 0 Å². The number of carbonyl (C=O) groups is 3. The third kappa shape index (κ3) is 4.71. The van der Waals surface area contributed by atoms with Crippen LogP contribution in [0, 0.1) is 6.92 Å². The first kappa shape index (κ1) is 25.4. The van der Waals surface area contributed by atoms with Crippen molar-refractivity contribution < 1.29 is 28.3 Å². The van der Waals surface area contributed by atoms with E-state index in [1.165, 1.54) is 13.8 Å². The van der Waals surface area contributed by atoms with Gasteiger partial charge in [0.15, 0.2) is 5.78 Å². The summed E-state index contributed by atoms with van der Waals surface area (Å²) in [5.41, 5.74) is 4.23. The molecule has 11 heteroatoms. The number of rotatable bonds is 5. The molecule has 0 spiro atoms. The third-order valence-corrected chi connectivity index (χ3v) is 6.47. The molecule has 0 N–H and O–H groups in total. The number of esters is 2. The van der Waals surface area contributed by atoms with E-state index in [1.54, 1.807) is 19.1 Å². The van der Waals surface area contributed by atoms with Gasteiger partial charge in [-0.1, -0.05) is 26.9 Å². The van der Waals surface area contributed by atoms with E-state index < -0.39 is 11.9 Å². The molecule has 0 radical (unpaired) electrons. The molecule has 1 heterocycles. The topological polar surface area (TPSA) is 82.8 Å². The van der Waals surface area contributed by atoms with Crippen LogP contribution < -0.4 is 25.9 Å². The summed E-state index contributed by atoms with van der Waals surface area (Å²) in [5.74, 6) is 0.204. The zero-order valence-electron chi connectivity index (χ0n) is 19.4. The van der Waals surface area contributed by atoms with Crippen LogP contribution in [0.25, 0.3) is 11.0 Å². The highest BCUT2D eigenvalue weighted by Gasteiger charge is 2.29. The Morgan fingerprint density at radius 2 is 1.55 bits per heavy atom. The monoisotopic (exact) mass is 572 g/mol. The van der Waals surface area contributed by atoms with Crippen LogP contribution in [0.5, 0.6) is 11.5 Å². The number of carbonyl (C=O) groups excluding carboxylic acids is 3. The van der Waals surface area contributed by atoms with Gasteiger partial charge in [-0.15, -0.1) is 0 Å². The maximum Gasteiger partial charge on any atom is 0.308 e. The van der Waals surface area contributed by atoms with Gasteiger partial charge in [0.1, 0.15) is 46.4 Å². The zero-order valence-corrected chi connectivity index (χ0v) is 22.6. The van der Waals surface area contributed by atoms with Gasteiger partial charge in [-0.25, -0.2) is 0 Å². The molecule has 1 atom stereocenters. The number of aryl methyl sites for hydroxylation is 1. The zero-order chi connectivity index (χ0) is 24.8. The van der Waals surface area contributed by atoms with E-state index in [0.717, 1.165) is 10.9 Å². The largest absolute Gasteiger partial charge is 0.460 e. The van der Waals surface area contributed by atoms with E-state index in [1.807, 2.05) is 30.5 Å². The summed E-state index contributed by atoms with van der Waals surface area (Å²) in [6.45, 7) is 6.32. The van der Waals surface area contributed by atoms with Gasteiger partial charge in [0.25, 0.3) is 0 Å². The van der Waals surface area contributed by atoms with Crippen LogP contribution in [0.4, 0.5) is 0 Å². The molecule has 0 saturated carbocycles. The molecule has 1 unspecified atom stereocenters. The average Bonchev–Trinajstić information content (AvgIpc) is 3.12. The van der Waals surface area contributed by atoms with Crippen LogP contribution in [0.1, 0.15) is 52.8 Å². The number of ketones is 1. The third-order valence-electron chi connectivity index (χ3n) is 5.47. The maximum atomic E-state index is 13.8. The lowest BCUT2D eigenvalue weighted by molar-refractivity contribution is -0.132. The second-order valence-corrected chi connectivity index (χ2v) is 10.2. The molecule has 168 valence electrons. The standard InChI is InChI=1S/C22H21B3Br2O6/c1-7-5-11(6-12(27)19(7)31-9(3)28)18(30)14-13-15(23)16(24)22(32-10(4)29)17(25)21(13)33-20(14)8(2)26/h5-6,8H,23-25H2,1-4H3. The second kappa shape index (κ2) is 9.54. The van der Waals surface area contributed by atoms with Crippen molar-refractivity contribution in [1.29, 1.82) is 0 Å². The van der Waals surface area contributed by atoms with Gasteiger partial charge in [0.2, 0.25) is 0 Å². The molecule has 3 aromatic rings. The molecule has 6 nitrogen and oxygen atoms in total. The Balaban J connectivity index is 2.30. The maximum absolute atomic E-state index is 13.8. The Labute approximate surface area is 211 Å². The first-order valence-electron chi connectivity index (χ1n) is 10.3. The summed E-state index contributed by atoms with van der Waals surface area (Å²) in [6, 6.07) is 3.33. The number of ether oxygens (including phenoxy) is 2. The Hall–Kier alpha value is -2.26. The minimum absolute atomic E-state index is 0.227. The fourth-order valence-corrected chi connectivity index (χ4v) is 4.86. The van der Waals surface area contributed by atoms with E-state index in [0.29, 0.717) is 54.9 Å². The number of benzene rings is 2. The summed E-state index contributed by atoms with van der Waals surface area (Å²) in [6.07, 6.45) is 0. The minimum Gasteiger partial charge on any atom is -0.460 e. The molecule has 2 aromatic carbocycles. The fourth-order valence-electron chi connectivity index (χ4n) is 3.89. The lowest BCUT2D eigenvalue weighted by Gasteiger charge is -2.14. The molecule has 3 rings (SSSR count). The predicted molar refractivity (Wildman–Crippen MR) is 143 cm³/mol. The van der Waals surface area contributed by atoms with Crippen molar-refractivity contribution >= 4 is 100 Å². The Bertz CT molecular complexity index is 1310. The van der Waals surface area contributed by atoms with Gasteiger partial charge >= 0.3 is 11.9 Å². The van der Waals surface area contributed by atoms with Gasteiger partial charge in [0.05, 0.1) is 14.9 Å². The Morgan fingerprint density at radius 1 is 0.970 bits per heavy atom. The fraction of sp³-hybridized carbons (Fsp3) is 0.227. The van der Waals surface area contributed by atoms with Crippen molar-refractivity contribution in [1.82, 2.24) is 0 Å². The molecule has 0 fully saturated rings. The molecule has 0 aliphatic rings. The van der Waals surface area contributed by atoms with Gasteiger partial charge in [-0.3, -0.25) is 14.4 Å². The molecule has 0 amide bonds. The molecular weight excluding hydrogens is 552 g/mol. The van der Waals surface area contributed by atoms with Crippen molar-refractivity contribution in [2.45, 2.75) is 32.5 Å². The summed E-state index contributed by atoms with van der Waals surface area (Å²) < 4.78 is 17.4. The molecule has 0 saturated heterocycles. The number of hydrogen-bond acceptors (Lipinski definition) is 6. The van der Waals surface area contributed by atoms with Crippen LogP contribution >= 0.6 is 31.9 Å². The van der Waals surface area contributed by atoms with E-state index >= 15 is 0 Å². The summed E-state index contributed by atoms with van der Waals surface area (Å²) in [5, 5.41) is 0.685. The first-order chi connectivity index (χ1) is 15.3. The molecule has 1 aromatic heterocycles. The van der Waals surface area contributed by atoms with Crippen molar-refractivity contribution in [2.24, 2.45) is 0 Å². The van der Waals surface area contributed by atoms with Crippen LogP contribution in [-0.4, -0.2) is 41.3 Å². The summed E-state index contributed by atoms with van der Waals surface area (Å²) >= 11 is 6.96. The van der Waals surface area contributed by atoms with E-state index in [2.05, 4.69) is 31.9 Å². The van der Waals surface area contributed by atoms with Gasteiger partial charge < -0.3 is 13.9 Å². The first-order valence-corrected chi connectivity index (χ1v) is 12.0. The van der Waals surface area contributed by atoms with Gasteiger partial charge in [-0.2, -0.15) is 0 Å². The van der Waals surface area contributed by atoms with Crippen molar-refractivity contribution in [3.05, 3.63) is 39.1 Å². The van der Waals surface area contributed by atoms with Crippen molar-refractivity contribution in [3.63, 3.8) is 0 Å². The van der Waals surface area contributed by atoms with Crippen LogP contribution in [-0.2, 0) is 9.59 Å². The van der Waals surface area contributed by atoms with E-state index in [-0.39, 0.29) is 10.6 Å². The van der Waals surface area contributed by atoms with Gasteiger partial charge in [-0.05, 0) is 52.9 Å². The Morgan fingerprint density at radius 3 is 2.06 bits per heavy atom. The van der Waals surface area contributed by atoms with E-state index in [4.69, 9.17) is 13.9 Å². The summed E-state index contributed by atoms with van der Waals surface area (Å²) in [7, 11) is 5.54. The summed E-state index contributed by atoms with van der Waals surface area (Å²) in [4.78, 5) is 36.7. The SMILES string of the molecule is Bc1c(OC(C)=O)c(B)c2oc(C(C)Br)c(C(=O)c3cc(C)c(OC(C)=O)c(Br)c3)c2c1B. The molecule has 33 heavy (non-hydrogen) atoms. The van der Waals surface area contributed by atoms with Gasteiger partial charge in [0, 0.05) is 24.8 Å². The van der Waals surface area contributed by atoms with E-state index in [9.17, 15) is 14.4 Å². The van der Waals surface area contributed by atoms with Crippen LogP contribution in [0.3, 0.4) is 0 Å². The van der Waals surface area contributed by atoms with Crippen LogP contribution in [0.2, 0.25) is 0 Å². The lowest BCUT2D eigenvalue weighted by atomic mass is 9.72.